The van der Waals surface area contributed by atoms with Crippen LogP contribution < -0.4 is 0 Å². The number of benzene rings is 1. The zero-order chi connectivity index (χ0) is 11.7. The first-order valence-electron chi connectivity index (χ1n) is 5.27. The fraction of sp³-hybridized carbons (Fsp3) is 0.308. The van der Waals surface area contributed by atoms with Crippen LogP contribution >= 0.6 is 11.6 Å². The molecule has 0 saturated heterocycles. The third-order valence-corrected chi connectivity index (χ3v) is 2.90. The minimum absolute atomic E-state index is 0.130. The van der Waals surface area contributed by atoms with Crippen molar-refractivity contribution in [3.8, 4) is 0 Å². The van der Waals surface area contributed by atoms with Gasteiger partial charge >= 0.3 is 0 Å². The summed E-state index contributed by atoms with van der Waals surface area (Å²) in [7, 11) is 0. The summed E-state index contributed by atoms with van der Waals surface area (Å²) >= 11 is 5.60. The highest BCUT2D eigenvalue weighted by molar-refractivity contribution is 6.64. The second kappa shape index (κ2) is 4.30. The van der Waals surface area contributed by atoms with Gasteiger partial charge in [0, 0.05) is 5.39 Å². The number of carbonyl (C=O) groups is 1. The molecule has 1 unspecified atom stereocenters. The van der Waals surface area contributed by atoms with Crippen LogP contribution in [0, 0.1) is 5.92 Å². The molecular weight excluding hydrogens is 224 g/mol. The van der Waals surface area contributed by atoms with Crippen LogP contribution in [0.15, 0.2) is 34.7 Å². The average Bonchev–Trinajstić information content (AvgIpc) is 2.58. The molecule has 1 heterocycles. The Balaban J connectivity index is 2.49. The first-order valence-corrected chi connectivity index (χ1v) is 5.65. The lowest BCUT2D eigenvalue weighted by Gasteiger charge is -2.12. The molecule has 0 radical (unpaired) electrons. The fourth-order valence-electron chi connectivity index (χ4n) is 1.86. The van der Waals surface area contributed by atoms with Crippen molar-refractivity contribution in [3.05, 3.63) is 36.1 Å². The van der Waals surface area contributed by atoms with Crippen molar-refractivity contribution >= 4 is 27.8 Å². The van der Waals surface area contributed by atoms with Gasteiger partial charge in [-0.2, -0.15) is 0 Å². The zero-order valence-electron chi connectivity index (χ0n) is 9.24. The number of rotatable bonds is 3. The highest BCUT2D eigenvalue weighted by atomic mass is 35.5. The van der Waals surface area contributed by atoms with Crippen LogP contribution in [0.25, 0.3) is 11.0 Å². The lowest BCUT2D eigenvalue weighted by atomic mass is 9.94. The lowest BCUT2D eigenvalue weighted by molar-refractivity contribution is -0.114. The van der Waals surface area contributed by atoms with Gasteiger partial charge in [-0.3, -0.25) is 4.79 Å². The number of furan rings is 1. The van der Waals surface area contributed by atoms with Crippen LogP contribution in [-0.4, -0.2) is 5.24 Å². The van der Waals surface area contributed by atoms with Gasteiger partial charge < -0.3 is 4.42 Å². The molecule has 0 aliphatic rings. The third-order valence-electron chi connectivity index (χ3n) is 2.66. The molecule has 1 atom stereocenters. The van der Waals surface area contributed by atoms with Crippen molar-refractivity contribution in [2.24, 2.45) is 5.92 Å². The molecule has 2 nitrogen and oxygen atoms in total. The van der Waals surface area contributed by atoms with Crippen LogP contribution in [0.3, 0.4) is 0 Å². The van der Waals surface area contributed by atoms with Crippen molar-refractivity contribution in [1.29, 1.82) is 0 Å². The number of carbonyl (C=O) groups excluding carboxylic acids is 1. The van der Waals surface area contributed by atoms with Gasteiger partial charge in [0.15, 0.2) is 0 Å². The number of hydrogen-bond acceptors (Lipinski definition) is 2. The molecule has 0 fully saturated rings. The molecule has 0 aliphatic heterocycles. The normalized spacial score (nSPS) is 13.2. The van der Waals surface area contributed by atoms with Gasteiger partial charge in [0.1, 0.15) is 11.3 Å². The van der Waals surface area contributed by atoms with E-state index in [1.807, 2.05) is 44.2 Å². The summed E-state index contributed by atoms with van der Waals surface area (Å²) in [4.78, 5) is 11.4. The quantitative estimate of drug-likeness (QED) is 0.756. The van der Waals surface area contributed by atoms with Gasteiger partial charge in [-0.1, -0.05) is 32.0 Å². The monoisotopic (exact) mass is 236 g/mol. The molecule has 2 rings (SSSR count). The Morgan fingerprint density at radius 3 is 2.56 bits per heavy atom. The summed E-state index contributed by atoms with van der Waals surface area (Å²) in [5.74, 6) is 0.413. The first kappa shape index (κ1) is 11.2. The maximum absolute atomic E-state index is 11.4. The van der Waals surface area contributed by atoms with E-state index >= 15 is 0 Å². The average molecular weight is 237 g/mol. The van der Waals surface area contributed by atoms with Gasteiger partial charge in [-0.15, -0.1) is 0 Å². The van der Waals surface area contributed by atoms with Gasteiger partial charge in [0.2, 0.25) is 5.24 Å². The number of hydrogen-bond donors (Lipinski definition) is 0. The number of fused-ring (bicyclic) bond motifs is 1. The van der Waals surface area contributed by atoms with Crippen LogP contribution in [0.5, 0.6) is 0 Å². The Morgan fingerprint density at radius 2 is 2.00 bits per heavy atom. The van der Waals surface area contributed by atoms with Gasteiger partial charge in [0.05, 0.1) is 5.92 Å². The highest BCUT2D eigenvalue weighted by Crippen LogP contribution is 2.31. The fourth-order valence-corrected chi connectivity index (χ4v) is 2.22. The molecule has 0 aliphatic carbocycles. The summed E-state index contributed by atoms with van der Waals surface area (Å²) in [6.07, 6.45) is 0. The van der Waals surface area contributed by atoms with Crippen molar-refractivity contribution in [2.75, 3.05) is 0 Å². The molecule has 1 aromatic carbocycles. The number of para-hydroxylation sites is 1. The topological polar surface area (TPSA) is 30.2 Å². The lowest BCUT2D eigenvalue weighted by Crippen LogP contribution is -2.12. The summed E-state index contributed by atoms with van der Waals surface area (Å²) in [6, 6.07) is 9.57. The van der Waals surface area contributed by atoms with E-state index in [4.69, 9.17) is 16.0 Å². The molecule has 0 N–H and O–H groups in total. The molecule has 0 saturated carbocycles. The Bertz CT molecular complexity index is 480. The molecule has 84 valence electrons. The summed E-state index contributed by atoms with van der Waals surface area (Å²) in [5, 5.41) is 0.634. The largest absolute Gasteiger partial charge is 0.460 e. The van der Waals surface area contributed by atoms with Crippen LogP contribution in [-0.2, 0) is 4.79 Å². The standard InChI is InChI=1S/C13H13ClO2/c1-8(2)12(13(14)15)11-7-9-5-3-4-6-10(9)16-11/h3-8,12H,1-2H3. The molecular formula is C13H13ClO2. The Morgan fingerprint density at radius 1 is 1.31 bits per heavy atom. The van der Waals surface area contributed by atoms with Crippen LogP contribution in [0.4, 0.5) is 0 Å². The summed E-state index contributed by atoms with van der Waals surface area (Å²) in [6.45, 7) is 3.91. The van der Waals surface area contributed by atoms with E-state index in [0.29, 0.717) is 5.76 Å². The van der Waals surface area contributed by atoms with Crippen molar-refractivity contribution in [2.45, 2.75) is 19.8 Å². The zero-order valence-corrected chi connectivity index (χ0v) is 9.99. The van der Waals surface area contributed by atoms with E-state index in [2.05, 4.69) is 0 Å². The third kappa shape index (κ3) is 1.98. The molecule has 16 heavy (non-hydrogen) atoms. The van der Waals surface area contributed by atoms with Crippen molar-refractivity contribution in [3.63, 3.8) is 0 Å². The predicted molar refractivity (Wildman–Crippen MR) is 64.7 cm³/mol. The van der Waals surface area contributed by atoms with E-state index in [0.717, 1.165) is 11.0 Å². The molecule has 3 heteroatoms. The van der Waals surface area contributed by atoms with E-state index in [9.17, 15) is 4.79 Å². The maximum atomic E-state index is 11.4. The summed E-state index contributed by atoms with van der Waals surface area (Å²) < 4.78 is 5.65. The van der Waals surface area contributed by atoms with Gasteiger partial charge in [-0.05, 0) is 29.7 Å². The van der Waals surface area contributed by atoms with Crippen molar-refractivity contribution < 1.29 is 9.21 Å². The summed E-state index contributed by atoms with van der Waals surface area (Å²) in [5.41, 5.74) is 0.793. The Kier molecular flexibility index (Phi) is 3.01. The van der Waals surface area contributed by atoms with Gasteiger partial charge in [-0.25, -0.2) is 0 Å². The SMILES string of the molecule is CC(C)C(C(=O)Cl)c1cc2ccccc2o1. The van der Waals surface area contributed by atoms with Crippen molar-refractivity contribution in [1.82, 2.24) is 0 Å². The maximum Gasteiger partial charge on any atom is 0.232 e. The van der Waals surface area contributed by atoms with Crippen LogP contribution in [0.2, 0.25) is 0 Å². The van der Waals surface area contributed by atoms with E-state index in [1.165, 1.54) is 0 Å². The van der Waals surface area contributed by atoms with Gasteiger partial charge in [0.25, 0.3) is 0 Å². The first-order chi connectivity index (χ1) is 7.59. The molecule has 1 aromatic heterocycles. The Hall–Kier alpha value is -1.28. The molecule has 0 bridgehead atoms. The second-order valence-electron chi connectivity index (χ2n) is 4.21. The van der Waals surface area contributed by atoms with Crippen LogP contribution in [0.1, 0.15) is 25.5 Å². The molecule has 0 spiro atoms. The smallest absolute Gasteiger partial charge is 0.232 e. The number of halogens is 1. The van der Waals surface area contributed by atoms with E-state index < -0.39 is 0 Å². The van der Waals surface area contributed by atoms with E-state index in [1.54, 1.807) is 0 Å². The molecule has 0 amide bonds. The highest BCUT2D eigenvalue weighted by Gasteiger charge is 2.26. The Labute approximate surface area is 99.2 Å². The molecule has 2 aromatic rings. The minimum Gasteiger partial charge on any atom is -0.460 e. The van der Waals surface area contributed by atoms with E-state index in [-0.39, 0.29) is 17.1 Å². The second-order valence-corrected chi connectivity index (χ2v) is 4.58. The minimum atomic E-state index is -0.367. The predicted octanol–water partition coefficient (Wildman–Crippen LogP) is 3.94.